The molecule has 1 aromatic carbocycles. The van der Waals surface area contributed by atoms with E-state index < -0.39 is 0 Å². The molecule has 0 saturated carbocycles. The molecule has 1 amide bonds. The number of halogens is 1. The molecule has 0 saturated heterocycles. The van der Waals surface area contributed by atoms with E-state index in [1.165, 1.54) is 19.1 Å². The fourth-order valence-corrected chi connectivity index (χ4v) is 1.74. The molecule has 0 aliphatic carbocycles. The second-order valence-electron chi connectivity index (χ2n) is 4.23. The van der Waals surface area contributed by atoms with E-state index in [4.69, 9.17) is 0 Å². The van der Waals surface area contributed by atoms with Gasteiger partial charge in [-0.1, -0.05) is 12.1 Å². The minimum Gasteiger partial charge on any atom is -0.342 e. The third kappa shape index (κ3) is 4.65. The Morgan fingerprint density at radius 3 is 2.61 bits per heavy atom. The maximum atomic E-state index is 13.0. The van der Waals surface area contributed by atoms with Crippen molar-refractivity contribution < 1.29 is 14.0 Å². The van der Waals surface area contributed by atoms with Gasteiger partial charge in [0.1, 0.15) is 11.6 Å². The number of carbonyl (C=O) groups excluding carboxylic acids is 2. The van der Waals surface area contributed by atoms with Crippen LogP contribution in [0.15, 0.2) is 24.3 Å². The molecule has 0 aliphatic rings. The van der Waals surface area contributed by atoms with E-state index in [1.807, 2.05) is 13.0 Å². The third-order valence-electron chi connectivity index (χ3n) is 2.69. The highest BCUT2D eigenvalue weighted by molar-refractivity contribution is 5.96. The first-order valence-electron chi connectivity index (χ1n) is 6.04. The van der Waals surface area contributed by atoms with Crippen molar-refractivity contribution in [1.82, 2.24) is 4.90 Å². The van der Waals surface area contributed by atoms with Crippen LogP contribution in [0.2, 0.25) is 0 Å². The molecular formula is C14H18FNO2. The van der Waals surface area contributed by atoms with Gasteiger partial charge in [0.25, 0.3) is 0 Å². The fourth-order valence-electron chi connectivity index (χ4n) is 1.74. The van der Waals surface area contributed by atoms with Crippen molar-refractivity contribution in [3.8, 4) is 0 Å². The van der Waals surface area contributed by atoms with Gasteiger partial charge in [-0.15, -0.1) is 0 Å². The summed E-state index contributed by atoms with van der Waals surface area (Å²) < 4.78 is 13.0. The number of benzene rings is 1. The lowest BCUT2D eigenvalue weighted by Crippen LogP contribution is -2.33. The summed E-state index contributed by atoms with van der Waals surface area (Å²) >= 11 is 0. The first-order valence-corrected chi connectivity index (χ1v) is 6.04. The second kappa shape index (κ2) is 6.89. The standard InChI is InChI=1S/C14H18FNO2/c1-3-16(14(18)9-11(2)17)8-7-12-5-4-6-13(15)10-12/h4-6,10H,3,7-9H2,1-2H3. The molecule has 0 aromatic heterocycles. The van der Waals surface area contributed by atoms with Crippen LogP contribution in [0.25, 0.3) is 0 Å². The van der Waals surface area contributed by atoms with E-state index in [0.717, 1.165) is 5.56 Å². The first-order chi connectivity index (χ1) is 8.52. The summed E-state index contributed by atoms with van der Waals surface area (Å²) in [4.78, 5) is 24.2. The Bertz CT molecular complexity index is 432. The lowest BCUT2D eigenvalue weighted by atomic mass is 10.1. The molecule has 0 unspecified atom stereocenters. The zero-order chi connectivity index (χ0) is 13.5. The molecule has 0 aliphatic heterocycles. The van der Waals surface area contributed by atoms with Crippen molar-refractivity contribution >= 4 is 11.7 Å². The number of ketones is 1. The number of hydrogen-bond acceptors (Lipinski definition) is 2. The van der Waals surface area contributed by atoms with E-state index in [1.54, 1.807) is 11.0 Å². The molecule has 0 N–H and O–H groups in total. The van der Waals surface area contributed by atoms with E-state index in [2.05, 4.69) is 0 Å². The summed E-state index contributed by atoms with van der Waals surface area (Å²) in [6.45, 7) is 4.33. The van der Waals surface area contributed by atoms with Gasteiger partial charge in [-0.2, -0.15) is 0 Å². The van der Waals surface area contributed by atoms with Crippen molar-refractivity contribution in [2.24, 2.45) is 0 Å². The average molecular weight is 251 g/mol. The van der Waals surface area contributed by atoms with Gasteiger partial charge in [0, 0.05) is 13.1 Å². The molecule has 18 heavy (non-hydrogen) atoms. The van der Waals surface area contributed by atoms with Gasteiger partial charge in [0.15, 0.2) is 0 Å². The smallest absolute Gasteiger partial charge is 0.230 e. The Hall–Kier alpha value is -1.71. The van der Waals surface area contributed by atoms with E-state index in [0.29, 0.717) is 19.5 Å². The predicted molar refractivity (Wildman–Crippen MR) is 67.7 cm³/mol. The number of nitrogens with zero attached hydrogens (tertiary/aromatic N) is 1. The number of carbonyl (C=O) groups is 2. The van der Waals surface area contributed by atoms with Gasteiger partial charge in [-0.3, -0.25) is 9.59 Å². The quantitative estimate of drug-likeness (QED) is 0.727. The van der Waals surface area contributed by atoms with Gasteiger partial charge in [-0.25, -0.2) is 4.39 Å². The zero-order valence-corrected chi connectivity index (χ0v) is 10.8. The Kier molecular flexibility index (Phi) is 5.49. The maximum Gasteiger partial charge on any atom is 0.230 e. The number of likely N-dealkylation sites (N-methyl/N-ethyl adjacent to an activating group) is 1. The SMILES string of the molecule is CCN(CCc1cccc(F)c1)C(=O)CC(C)=O. The highest BCUT2D eigenvalue weighted by Crippen LogP contribution is 2.06. The van der Waals surface area contributed by atoms with Gasteiger partial charge < -0.3 is 4.90 Å². The summed E-state index contributed by atoms with van der Waals surface area (Å²) in [6, 6.07) is 6.33. The van der Waals surface area contributed by atoms with E-state index in [9.17, 15) is 14.0 Å². The van der Waals surface area contributed by atoms with E-state index in [-0.39, 0.29) is 23.9 Å². The van der Waals surface area contributed by atoms with Gasteiger partial charge >= 0.3 is 0 Å². The summed E-state index contributed by atoms with van der Waals surface area (Å²) in [5, 5.41) is 0. The summed E-state index contributed by atoms with van der Waals surface area (Å²) in [5.74, 6) is -0.573. The van der Waals surface area contributed by atoms with Gasteiger partial charge in [0.05, 0.1) is 6.42 Å². The minimum absolute atomic E-state index is 0.0585. The molecular weight excluding hydrogens is 233 g/mol. The van der Waals surface area contributed by atoms with E-state index >= 15 is 0 Å². The lowest BCUT2D eigenvalue weighted by molar-refractivity contribution is -0.134. The van der Waals surface area contributed by atoms with Crippen molar-refractivity contribution in [1.29, 1.82) is 0 Å². The van der Waals surface area contributed by atoms with Crippen LogP contribution in [0.1, 0.15) is 25.8 Å². The Morgan fingerprint density at radius 2 is 2.06 bits per heavy atom. The summed E-state index contributed by atoms with van der Waals surface area (Å²) in [5.41, 5.74) is 0.851. The molecule has 4 heteroatoms. The van der Waals surface area contributed by atoms with Crippen LogP contribution in [-0.2, 0) is 16.0 Å². The summed E-state index contributed by atoms with van der Waals surface area (Å²) in [7, 11) is 0. The number of Topliss-reactive ketones (excluding diaryl/α,β-unsaturated/α-hetero) is 1. The Morgan fingerprint density at radius 1 is 1.33 bits per heavy atom. The molecule has 0 bridgehead atoms. The predicted octanol–water partition coefficient (Wildman–Crippen LogP) is 2.20. The van der Waals surface area contributed by atoms with Gasteiger partial charge in [0.2, 0.25) is 5.91 Å². The second-order valence-corrected chi connectivity index (χ2v) is 4.23. The number of rotatable bonds is 6. The van der Waals surface area contributed by atoms with Crippen LogP contribution in [0.4, 0.5) is 4.39 Å². The Balaban J connectivity index is 2.54. The fraction of sp³-hybridized carbons (Fsp3) is 0.429. The molecule has 98 valence electrons. The van der Waals surface area contributed by atoms with Crippen LogP contribution < -0.4 is 0 Å². The molecule has 0 heterocycles. The van der Waals surface area contributed by atoms with Crippen LogP contribution in [0.3, 0.4) is 0 Å². The molecule has 0 atom stereocenters. The molecule has 1 aromatic rings. The third-order valence-corrected chi connectivity index (χ3v) is 2.69. The zero-order valence-electron chi connectivity index (χ0n) is 10.8. The van der Waals surface area contributed by atoms with Crippen LogP contribution >= 0.6 is 0 Å². The highest BCUT2D eigenvalue weighted by Gasteiger charge is 2.13. The minimum atomic E-state index is -0.273. The average Bonchev–Trinajstić information content (AvgIpc) is 2.29. The first kappa shape index (κ1) is 14.4. The van der Waals surface area contributed by atoms with Crippen molar-refractivity contribution in [3.63, 3.8) is 0 Å². The number of hydrogen-bond donors (Lipinski definition) is 0. The van der Waals surface area contributed by atoms with Gasteiger partial charge in [-0.05, 0) is 38.0 Å². The molecule has 0 fully saturated rings. The highest BCUT2D eigenvalue weighted by atomic mass is 19.1. The molecule has 1 rings (SSSR count). The van der Waals surface area contributed by atoms with Crippen LogP contribution in [0.5, 0.6) is 0 Å². The topological polar surface area (TPSA) is 37.4 Å². The normalized spacial score (nSPS) is 10.2. The molecule has 3 nitrogen and oxygen atoms in total. The monoisotopic (exact) mass is 251 g/mol. The largest absolute Gasteiger partial charge is 0.342 e. The molecule has 0 radical (unpaired) electrons. The van der Waals surface area contributed by atoms with Crippen molar-refractivity contribution in [3.05, 3.63) is 35.6 Å². The van der Waals surface area contributed by atoms with Crippen LogP contribution in [0, 0.1) is 5.82 Å². The van der Waals surface area contributed by atoms with Crippen molar-refractivity contribution in [2.75, 3.05) is 13.1 Å². The molecule has 0 spiro atoms. The maximum absolute atomic E-state index is 13.0. The van der Waals surface area contributed by atoms with Crippen LogP contribution in [-0.4, -0.2) is 29.7 Å². The Labute approximate surface area is 107 Å². The summed E-state index contributed by atoms with van der Waals surface area (Å²) in [6.07, 6.45) is 0.534. The number of amides is 1. The van der Waals surface area contributed by atoms with Crippen molar-refractivity contribution in [2.45, 2.75) is 26.7 Å². The lowest BCUT2D eigenvalue weighted by Gasteiger charge is -2.20.